The van der Waals surface area contributed by atoms with Crippen LogP contribution in [0.2, 0.25) is 0 Å². The predicted molar refractivity (Wildman–Crippen MR) is 92.2 cm³/mol. The topological polar surface area (TPSA) is 58.7 Å². The van der Waals surface area contributed by atoms with E-state index in [1.807, 2.05) is 13.0 Å². The molecule has 2 aromatic rings. The number of nitrogens with zero attached hydrogens (tertiary/aromatic N) is 2. The zero-order valence-electron chi connectivity index (χ0n) is 14.9. The molecule has 1 aliphatic heterocycles. The minimum absolute atomic E-state index is 0.192. The van der Waals surface area contributed by atoms with E-state index in [1.54, 1.807) is 7.11 Å². The number of benzene rings is 1. The van der Waals surface area contributed by atoms with E-state index in [4.69, 9.17) is 9.26 Å². The van der Waals surface area contributed by atoms with E-state index in [0.29, 0.717) is 6.54 Å². The summed E-state index contributed by atoms with van der Waals surface area (Å²) in [6.45, 7) is 8.50. The van der Waals surface area contributed by atoms with E-state index in [9.17, 15) is 5.11 Å². The Morgan fingerprint density at radius 1 is 1.21 bits per heavy atom. The van der Waals surface area contributed by atoms with Crippen LogP contribution >= 0.6 is 0 Å². The molecule has 0 aliphatic carbocycles. The summed E-state index contributed by atoms with van der Waals surface area (Å²) >= 11 is 0. The molecule has 0 bridgehead atoms. The van der Waals surface area contributed by atoms with Crippen molar-refractivity contribution in [1.29, 1.82) is 0 Å². The van der Waals surface area contributed by atoms with Gasteiger partial charge in [0.05, 0.1) is 18.9 Å². The molecule has 3 rings (SSSR count). The summed E-state index contributed by atoms with van der Waals surface area (Å²) in [5.41, 5.74) is 4.54. The summed E-state index contributed by atoms with van der Waals surface area (Å²) in [6.07, 6.45) is 0.411. The molecule has 2 heterocycles. The zero-order chi connectivity index (χ0) is 17.3. The fourth-order valence-corrected chi connectivity index (χ4v) is 3.52. The summed E-state index contributed by atoms with van der Waals surface area (Å²) < 4.78 is 10.7. The number of ether oxygens (including phenoxy) is 1. The van der Waals surface area contributed by atoms with Crippen LogP contribution in [0.4, 0.5) is 0 Å². The van der Waals surface area contributed by atoms with Crippen LogP contribution in [0.25, 0.3) is 0 Å². The van der Waals surface area contributed by atoms with Crippen molar-refractivity contribution in [2.45, 2.75) is 39.8 Å². The molecule has 0 radical (unpaired) electrons. The fraction of sp³-hybridized carbons (Fsp3) is 0.526. The van der Waals surface area contributed by atoms with Crippen LogP contribution in [0.15, 0.2) is 22.7 Å². The second-order valence-corrected chi connectivity index (χ2v) is 6.91. The van der Waals surface area contributed by atoms with Crippen LogP contribution in [0.3, 0.4) is 0 Å². The first-order valence-corrected chi connectivity index (χ1v) is 8.43. The number of likely N-dealkylation sites (tertiary alicyclic amines) is 1. The van der Waals surface area contributed by atoms with Crippen molar-refractivity contribution in [3.63, 3.8) is 0 Å². The lowest BCUT2D eigenvalue weighted by Crippen LogP contribution is -2.22. The molecule has 1 saturated heterocycles. The Morgan fingerprint density at radius 2 is 2.00 bits per heavy atom. The molecular weight excluding hydrogens is 304 g/mol. The van der Waals surface area contributed by atoms with Gasteiger partial charge in [0.2, 0.25) is 0 Å². The molecule has 2 atom stereocenters. The number of aryl methyl sites for hydroxylation is 3. The highest BCUT2D eigenvalue weighted by molar-refractivity contribution is 5.41. The molecule has 0 unspecified atom stereocenters. The molecular formula is C19H26N2O3. The highest BCUT2D eigenvalue weighted by Gasteiger charge is 2.32. The first-order chi connectivity index (χ1) is 11.5. The third-order valence-corrected chi connectivity index (χ3v) is 4.87. The molecule has 1 aliphatic rings. The quantitative estimate of drug-likeness (QED) is 0.913. The van der Waals surface area contributed by atoms with Gasteiger partial charge in [-0.1, -0.05) is 11.2 Å². The van der Waals surface area contributed by atoms with Gasteiger partial charge in [-0.15, -0.1) is 0 Å². The van der Waals surface area contributed by atoms with Crippen molar-refractivity contribution >= 4 is 0 Å². The molecule has 5 nitrogen and oxygen atoms in total. The Labute approximate surface area is 143 Å². The Morgan fingerprint density at radius 3 is 2.67 bits per heavy atom. The lowest BCUT2D eigenvalue weighted by atomic mass is 10.0. The van der Waals surface area contributed by atoms with Crippen LogP contribution in [0.5, 0.6) is 5.75 Å². The SMILES string of the molecule is COc1cc(C)c(CN2C[C@@H](Cc3cc(C)no3)[C@H](O)C2)cc1C. The van der Waals surface area contributed by atoms with Gasteiger partial charge in [-0.05, 0) is 43.5 Å². The van der Waals surface area contributed by atoms with Crippen molar-refractivity contribution in [2.75, 3.05) is 20.2 Å². The van der Waals surface area contributed by atoms with Gasteiger partial charge in [-0.3, -0.25) is 4.90 Å². The molecule has 0 amide bonds. The fourth-order valence-electron chi connectivity index (χ4n) is 3.52. The molecule has 130 valence electrons. The number of β-amino-alcohol motifs (C(OH)–C–C–N with tert-alkyl or cyclic N) is 1. The van der Waals surface area contributed by atoms with Gasteiger partial charge < -0.3 is 14.4 Å². The van der Waals surface area contributed by atoms with E-state index in [0.717, 1.165) is 42.3 Å². The Hall–Kier alpha value is -1.85. The van der Waals surface area contributed by atoms with Gasteiger partial charge in [-0.25, -0.2) is 0 Å². The standard InChI is InChI=1S/C19H26N2O3/c1-12-6-19(23-4)13(2)5-15(12)9-21-10-16(18(22)11-21)8-17-7-14(3)20-24-17/h5-7,16,18,22H,8-11H2,1-4H3/t16-,18-/m1/s1. The second-order valence-electron chi connectivity index (χ2n) is 6.91. The highest BCUT2D eigenvalue weighted by Crippen LogP contribution is 2.27. The second kappa shape index (κ2) is 6.95. The maximum atomic E-state index is 10.4. The van der Waals surface area contributed by atoms with Crippen LogP contribution in [0, 0.1) is 26.7 Å². The van der Waals surface area contributed by atoms with Crippen LogP contribution in [-0.2, 0) is 13.0 Å². The van der Waals surface area contributed by atoms with Gasteiger partial charge in [0.1, 0.15) is 11.5 Å². The number of methoxy groups -OCH3 is 1. The number of aromatic nitrogens is 1. The van der Waals surface area contributed by atoms with Crippen LogP contribution in [-0.4, -0.2) is 41.5 Å². The third kappa shape index (κ3) is 3.62. The molecule has 5 heteroatoms. The first kappa shape index (κ1) is 17.0. The van der Waals surface area contributed by atoms with Gasteiger partial charge in [0, 0.05) is 38.0 Å². The summed E-state index contributed by atoms with van der Waals surface area (Å²) in [5, 5.41) is 14.3. The molecule has 1 aromatic heterocycles. The van der Waals surface area contributed by atoms with E-state index in [2.05, 4.69) is 36.0 Å². The minimum Gasteiger partial charge on any atom is -0.496 e. The third-order valence-electron chi connectivity index (χ3n) is 4.87. The average Bonchev–Trinajstić information content (AvgIpc) is 3.09. The Balaban J connectivity index is 1.66. The zero-order valence-corrected chi connectivity index (χ0v) is 14.9. The lowest BCUT2D eigenvalue weighted by Gasteiger charge is -2.18. The van der Waals surface area contributed by atoms with E-state index < -0.39 is 0 Å². The number of rotatable bonds is 5. The number of hydrogen-bond acceptors (Lipinski definition) is 5. The molecule has 1 fully saturated rings. The van der Waals surface area contributed by atoms with Crippen LogP contribution in [0.1, 0.15) is 28.1 Å². The summed E-state index contributed by atoms with van der Waals surface area (Å²) in [4.78, 5) is 2.31. The smallest absolute Gasteiger partial charge is 0.137 e. The first-order valence-electron chi connectivity index (χ1n) is 8.43. The maximum Gasteiger partial charge on any atom is 0.137 e. The van der Waals surface area contributed by atoms with E-state index in [1.165, 1.54) is 11.1 Å². The average molecular weight is 330 g/mol. The van der Waals surface area contributed by atoms with Crippen molar-refractivity contribution < 1.29 is 14.4 Å². The summed E-state index contributed by atoms with van der Waals surface area (Å²) in [7, 11) is 1.70. The van der Waals surface area contributed by atoms with Gasteiger partial charge in [0.15, 0.2) is 0 Å². The number of aliphatic hydroxyl groups is 1. The van der Waals surface area contributed by atoms with Crippen molar-refractivity contribution in [3.8, 4) is 5.75 Å². The molecule has 0 saturated carbocycles. The highest BCUT2D eigenvalue weighted by atomic mass is 16.5. The Kier molecular flexibility index (Phi) is 4.92. The molecule has 24 heavy (non-hydrogen) atoms. The minimum atomic E-state index is -0.324. The summed E-state index contributed by atoms with van der Waals surface area (Å²) in [6, 6.07) is 6.23. The molecule has 1 aromatic carbocycles. The normalized spacial score (nSPS) is 21.4. The van der Waals surface area contributed by atoms with Gasteiger partial charge >= 0.3 is 0 Å². The van der Waals surface area contributed by atoms with Crippen molar-refractivity contribution in [3.05, 3.63) is 46.3 Å². The van der Waals surface area contributed by atoms with Gasteiger partial charge in [-0.2, -0.15) is 0 Å². The monoisotopic (exact) mass is 330 g/mol. The van der Waals surface area contributed by atoms with E-state index in [-0.39, 0.29) is 12.0 Å². The number of hydrogen-bond donors (Lipinski definition) is 1. The van der Waals surface area contributed by atoms with Crippen LogP contribution < -0.4 is 4.74 Å². The Bertz CT molecular complexity index is 711. The predicted octanol–water partition coefficient (Wildman–Crippen LogP) is 2.64. The number of aliphatic hydroxyl groups excluding tert-OH is 1. The lowest BCUT2D eigenvalue weighted by molar-refractivity contribution is 0.137. The van der Waals surface area contributed by atoms with Crippen molar-refractivity contribution in [2.24, 2.45) is 5.92 Å². The van der Waals surface area contributed by atoms with E-state index >= 15 is 0 Å². The van der Waals surface area contributed by atoms with Crippen molar-refractivity contribution in [1.82, 2.24) is 10.1 Å². The molecule has 0 spiro atoms. The summed E-state index contributed by atoms with van der Waals surface area (Å²) in [5.74, 6) is 1.98. The largest absolute Gasteiger partial charge is 0.496 e. The van der Waals surface area contributed by atoms with Gasteiger partial charge in [0.25, 0.3) is 0 Å². The maximum absolute atomic E-state index is 10.4. The molecule has 1 N–H and O–H groups in total.